The first-order valence-electron chi connectivity index (χ1n) is 11.2. The van der Waals surface area contributed by atoms with Gasteiger partial charge in [-0.2, -0.15) is 0 Å². The fraction of sp³-hybridized carbons (Fsp3) is 0.385. The molecule has 1 aliphatic rings. The van der Waals surface area contributed by atoms with Crippen molar-refractivity contribution in [3.8, 4) is 17.2 Å². The Morgan fingerprint density at radius 3 is 2.32 bits per heavy atom. The molecule has 0 saturated heterocycles. The number of hydrogen-bond donors (Lipinski definition) is 1. The third-order valence-corrected chi connectivity index (χ3v) is 5.74. The Kier molecular flexibility index (Phi) is 8.04. The lowest BCUT2D eigenvalue weighted by Crippen LogP contribution is -2.48. The molecule has 1 aliphatic heterocycles. The highest BCUT2D eigenvalue weighted by atomic mass is 16.5. The Balaban J connectivity index is 2.06. The second-order valence-corrected chi connectivity index (χ2v) is 8.14. The van der Waals surface area contributed by atoms with Crippen molar-refractivity contribution >= 4 is 12.0 Å². The number of carbonyl (C=O) groups is 2. The summed E-state index contributed by atoms with van der Waals surface area (Å²) in [5.41, 5.74) is 2.45. The minimum atomic E-state index is -0.810. The first kappa shape index (κ1) is 25.0. The van der Waals surface area contributed by atoms with E-state index in [1.165, 1.54) is 17.6 Å². The lowest BCUT2D eigenvalue weighted by atomic mass is 9.93. The van der Waals surface area contributed by atoms with Crippen LogP contribution in [0.3, 0.4) is 0 Å². The van der Waals surface area contributed by atoms with E-state index in [1.54, 1.807) is 39.3 Å². The van der Waals surface area contributed by atoms with Crippen molar-refractivity contribution in [1.29, 1.82) is 0 Å². The summed E-state index contributed by atoms with van der Waals surface area (Å²) >= 11 is 0. The number of ether oxygens (including phenoxy) is 4. The molecule has 1 atom stereocenters. The number of nitrogens with zero attached hydrogens (tertiary/aromatic N) is 1. The zero-order chi connectivity index (χ0) is 24.8. The van der Waals surface area contributed by atoms with E-state index >= 15 is 0 Å². The number of carbonyl (C=O) groups excluding carboxylic acids is 2. The van der Waals surface area contributed by atoms with Crippen LogP contribution in [0.25, 0.3) is 0 Å². The van der Waals surface area contributed by atoms with Crippen molar-refractivity contribution in [2.24, 2.45) is 0 Å². The van der Waals surface area contributed by atoms with Gasteiger partial charge in [-0.25, -0.2) is 9.59 Å². The monoisotopic (exact) mass is 468 g/mol. The molecule has 2 aromatic rings. The van der Waals surface area contributed by atoms with E-state index in [1.807, 2.05) is 24.3 Å². The average Bonchev–Trinajstić information content (AvgIpc) is 2.84. The van der Waals surface area contributed by atoms with Crippen molar-refractivity contribution < 1.29 is 28.5 Å². The van der Waals surface area contributed by atoms with Gasteiger partial charge in [-0.3, -0.25) is 4.90 Å². The molecule has 1 heterocycles. The molecule has 34 heavy (non-hydrogen) atoms. The maximum Gasteiger partial charge on any atom is 0.338 e. The van der Waals surface area contributed by atoms with E-state index in [-0.39, 0.29) is 24.8 Å². The summed E-state index contributed by atoms with van der Waals surface area (Å²) in [5, 5.41) is 2.88. The molecule has 0 bridgehead atoms. The maximum absolute atomic E-state index is 13.1. The molecule has 1 N–H and O–H groups in total. The summed E-state index contributed by atoms with van der Waals surface area (Å²) in [7, 11) is 4.67. The number of esters is 1. The Labute approximate surface area is 200 Å². The Hall–Kier alpha value is -3.68. The molecule has 0 fully saturated rings. The van der Waals surface area contributed by atoms with E-state index < -0.39 is 12.0 Å². The maximum atomic E-state index is 13.1. The molecule has 3 rings (SSSR count). The van der Waals surface area contributed by atoms with Crippen LogP contribution < -0.4 is 19.5 Å². The molecular formula is C26H32N2O6. The Morgan fingerprint density at radius 1 is 1.06 bits per heavy atom. The van der Waals surface area contributed by atoms with Gasteiger partial charge in [0.05, 0.1) is 38.1 Å². The molecule has 0 radical (unpaired) electrons. The van der Waals surface area contributed by atoms with Gasteiger partial charge in [0.2, 0.25) is 0 Å². The number of benzene rings is 2. The van der Waals surface area contributed by atoms with Crippen LogP contribution in [0, 0.1) is 0 Å². The van der Waals surface area contributed by atoms with Gasteiger partial charge in [0, 0.05) is 12.6 Å². The van der Waals surface area contributed by atoms with Crippen molar-refractivity contribution in [2.75, 3.05) is 34.5 Å². The third-order valence-electron chi connectivity index (χ3n) is 5.74. The highest BCUT2D eigenvalue weighted by Gasteiger charge is 2.38. The topological polar surface area (TPSA) is 86.3 Å². The first-order valence-corrected chi connectivity index (χ1v) is 11.2. The normalized spacial score (nSPS) is 15.8. The van der Waals surface area contributed by atoms with Crippen molar-refractivity contribution in [1.82, 2.24) is 10.2 Å². The van der Waals surface area contributed by atoms with Gasteiger partial charge < -0.3 is 24.3 Å². The van der Waals surface area contributed by atoms with Crippen LogP contribution >= 0.6 is 0 Å². The second kappa shape index (κ2) is 11.0. The highest BCUT2D eigenvalue weighted by Crippen LogP contribution is 2.37. The number of amides is 2. The predicted octanol–water partition coefficient (Wildman–Crippen LogP) is 4.42. The van der Waals surface area contributed by atoms with E-state index in [9.17, 15) is 9.59 Å². The summed E-state index contributed by atoms with van der Waals surface area (Å²) < 4.78 is 22.2. The van der Waals surface area contributed by atoms with Crippen LogP contribution in [0.4, 0.5) is 4.79 Å². The Morgan fingerprint density at radius 2 is 1.74 bits per heavy atom. The minimum Gasteiger partial charge on any atom is -0.497 e. The molecule has 0 aliphatic carbocycles. The summed E-state index contributed by atoms with van der Waals surface area (Å²) in [4.78, 5) is 27.4. The summed E-state index contributed by atoms with van der Waals surface area (Å²) in [6, 6.07) is 11.8. The fourth-order valence-electron chi connectivity index (χ4n) is 3.78. The molecule has 0 aromatic heterocycles. The van der Waals surface area contributed by atoms with Crippen LogP contribution in [0.5, 0.6) is 17.2 Å². The summed E-state index contributed by atoms with van der Waals surface area (Å²) in [5.74, 6) is 1.56. The third kappa shape index (κ3) is 5.27. The lowest BCUT2D eigenvalue weighted by molar-refractivity contribution is -0.139. The molecule has 2 aromatic carbocycles. The van der Waals surface area contributed by atoms with Crippen LogP contribution in [0.2, 0.25) is 0 Å². The molecule has 8 heteroatoms. The van der Waals surface area contributed by atoms with Gasteiger partial charge >= 0.3 is 12.0 Å². The molecule has 1 unspecified atom stereocenters. The van der Waals surface area contributed by atoms with E-state index in [0.29, 0.717) is 34.4 Å². The van der Waals surface area contributed by atoms with E-state index in [2.05, 4.69) is 19.2 Å². The first-order chi connectivity index (χ1) is 16.3. The predicted molar refractivity (Wildman–Crippen MR) is 128 cm³/mol. The van der Waals surface area contributed by atoms with Crippen LogP contribution in [0.1, 0.15) is 43.9 Å². The van der Waals surface area contributed by atoms with Crippen LogP contribution in [-0.2, 0) is 9.53 Å². The van der Waals surface area contributed by atoms with Gasteiger partial charge in [0.15, 0.2) is 0 Å². The van der Waals surface area contributed by atoms with Crippen LogP contribution in [0.15, 0.2) is 53.7 Å². The van der Waals surface area contributed by atoms with Gasteiger partial charge in [-0.05, 0) is 48.7 Å². The standard InChI is InChI=1S/C26H32N2O6/c1-7-33-25(29)23-21(15-34-18-10-8-17(9-11-18)16(2)3)28(4)26(30)27-24(23)20-14-19(31-5)12-13-22(20)32-6/h8-14,16,24H,7,15H2,1-6H3,(H,27,30). The average molecular weight is 469 g/mol. The summed E-state index contributed by atoms with van der Waals surface area (Å²) in [6.45, 7) is 6.16. The highest BCUT2D eigenvalue weighted by molar-refractivity contribution is 5.95. The van der Waals surface area contributed by atoms with Gasteiger partial charge in [0.25, 0.3) is 0 Å². The molecule has 2 amide bonds. The molecule has 182 valence electrons. The van der Waals surface area contributed by atoms with E-state index in [0.717, 1.165) is 0 Å². The number of likely N-dealkylation sites (N-methyl/N-ethyl adjacent to an activating group) is 1. The zero-order valence-corrected chi connectivity index (χ0v) is 20.5. The van der Waals surface area contributed by atoms with Gasteiger partial charge in [-0.15, -0.1) is 0 Å². The SMILES string of the molecule is CCOC(=O)C1=C(COc2ccc(C(C)C)cc2)N(C)C(=O)NC1c1cc(OC)ccc1OC. The number of methoxy groups -OCH3 is 2. The van der Waals surface area contributed by atoms with Crippen molar-refractivity contribution in [3.63, 3.8) is 0 Å². The largest absolute Gasteiger partial charge is 0.497 e. The van der Waals surface area contributed by atoms with Crippen LogP contribution in [-0.4, -0.2) is 51.4 Å². The molecule has 0 saturated carbocycles. The van der Waals surface area contributed by atoms with Crippen molar-refractivity contribution in [3.05, 3.63) is 64.9 Å². The fourth-order valence-corrected chi connectivity index (χ4v) is 3.78. The second-order valence-electron chi connectivity index (χ2n) is 8.14. The zero-order valence-electron chi connectivity index (χ0n) is 20.5. The number of hydrogen-bond acceptors (Lipinski definition) is 6. The summed E-state index contributed by atoms with van der Waals surface area (Å²) in [6.07, 6.45) is 0. The smallest absolute Gasteiger partial charge is 0.338 e. The van der Waals surface area contributed by atoms with Crippen molar-refractivity contribution in [2.45, 2.75) is 32.7 Å². The minimum absolute atomic E-state index is 0.00186. The van der Waals surface area contributed by atoms with E-state index in [4.69, 9.17) is 18.9 Å². The Bertz CT molecular complexity index is 1060. The lowest BCUT2D eigenvalue weighted by Gasteiger charge is -2.35. The van der Waals surface area contributed by atoms with Gasteiger partial charge in [0.1, 0.15) is 23.9 Å². The number of urea groups is 1. The quantitative estimate of drug-likeness (QED) is 0.549. The number of rotatable bonds is 9. The number of nitrogens with one attached hydrogen (secondary N) is 1. The molecule has 0 spiro atoms. The molecular weight excluding hydrogens is 436 g/mol. The van der Waals surface area contributed by atoms with Gasteiger partial charge in [-0.1, -0.05) is 26.0 Å². The molecule has 8 nitrogen and oxygen atoms in total.